The van der Waals surface area contributed by atoms with Gasteiger partial charge < -0.3 is 19.5 Å². The minimum Gasteiger partial charge on any atom is -0.454 e. The minimum atomic E-state index is -0.944. The van der Waals surface area contributed by atoms with Crippen LogP contribution in [0.2, 0.25) is 5.02 Å². The summed E-state index contributed by atoms with van der Waals surface area (Å²) >= 11 is 6.01. The number of fused-ring (bicyclic) bond motifs is 1. The Morgan fingerprint density at radius 2 is 1.96 bits per heavy atom. The highest BCUT2D eigenvalue weighted by Crippen LogP contribution is 2.34. The molecular formula is C18H16ClNO5. The van der Waals surface area contributed by atoms with Gasteiger partial charge in [0.15, 0.2) is 17.6 Å². The van der Waals surface area contributed by atoms with Crippen molar-refractivity contribution in [3.63, 3.8) is 0 Å². The van der Waals surface area contributed by atoms with E-state index < -0.39 is 18.0 Å². The van der Waals surface area contributed by atoms with Crippen LogP contribution in [0, 0.1) is 0 Å². The Morgan fingerprint density at radius 3 is 2.76 bits per heavy atom. The van der Waals surface area contributed by atoms with Crippen molar-refractivity contribution >= 4 is 29.2 Å². The Morgan fingerprint density at radius 1 is 1.20 bits per heavy atom. The lowest BCUT2D eigenvalue weighted by Gasteiger charge is -2.14. The van der Waals surface area contributed by atoms with Crippen molar-refractivity contribution < 1.29 is 23.8 Å². The lowest BCUT2D eigenvalue weighted by Crippen LogP contribution is -2.30. The summed E-state index contributed by atoms with van der Waals surface area (Å²) in [5, 5.41) is 3.16. The van der Waals surface area contributed by atoms with Crippen LogP contribution < -0.4 is 14.8 Å². The summed E-state index contributed by atoms with van der Waals surface area (Å²) in [6, 6.07) is 12.0. The zero-order chi connectivity index (χ0) is 17.8. The summed E-state index contributed by atoms with van der Waals surface area (Å²) in [5.41, 5.74) is 1.18. The van der Waals surface area contributed by atoms with Crippen LogP contribution in [0.4, 0.5) is 5.69 Å². The molecule has 3 rings (SSSR count). The molecule has 0 saturated carbocycles. The number of benzene rings is 2. The first-order chi connectivity index (χ1) is 12.0. The summed E-state index contributed by atoms with van der Waals surface area (Å²) in [7, 11) is 0. The molecule has 1 atom stereocenters. The van der Waals surface area contributed by atoms with E-state index in [9.17, 15) is 9.59 Å². The normalized spacial score (nSPS) is 13.2. The van der Waals surface area contributed by atoms with E-state index in [2.05, 4.69) is 5.32 Å². The van der Waals surface area contributed by atoms with Gasteiger partial charge in [-0.05, 0) is 30.7 Å². The molecule has 25 heavy (non-hydrogen) atoms. The predicted octanol–water partition coefficient (Wildman–Crippen LogP) is 3.18. The highest BCUT2D eigenvalue weighted by Gasteiger charge is 2.20. The number of nitrogens with one attached hydrogen (secondary N) is 1. The van der Waals surface area contributed by atoms with Crippen LogP contribution in [0.1, 0.15) is 12.5 Å². The van der Waals surface area contributed by atoms with Crippen molar-refractivity contribution in [2.75, 3.05) is 12.1 Å². The van der Waals surface area contributed by atoms with E-state index in [1.807, 2.05) is 0 Å². The molecule has 0 saturated heterocycles. The summed E-state index contributed by atoms with van der Waals surface area (Å²) in [5.74, 6) is 0.214. The first-order valence-corrected chi connectivity index (χ1v) is 8.04. The van der Waals surface area contributed by atoms with Gasteiger partial charge >= 0.3 is 5.97 Å². The number of hydrogen-bond donors (Lipinski definition) is 1. The third-order valence-corrected chi connectivity index (χ3v) is 3.98. The monoisotopic (exact) mass is 361 g/mol. The van der Waals surface area contributed by atoms with E-state index in [1.54, 1.807) is 42.5 Å². The second-order valence-electron chi connectivity index (χ2n) is 5.46. The molecule has 6 nitrogen and oxygen atoms in total. The smallest absolute Gasteiger partial charge is 0.311 e. The fourth-order valence-corrected chi connectivity index (χ4v) is 2.51. The largest absolute Gasteiger partial charge is 0.454 e. The zero-order valence-electron chi connectivity index (χ0n) is 13.5. The highest BCUT2D eigenvalue weighted by atomic mass is 35.5. The van der Waals surface area contributed by atoms with Crippen molar-refractivity contribution in [3.05, 3.63) is 53.1 Å². The van der Waals surface area contributed by atoms with E-state index >= 15 is 0 Å². The second-order valence-corrected chi connectivity index (χ2v) is 5.86. The number of hydrogen-bond acceptors (Lipinski definition) is 5. The maximum atomic E-state index is 12.2. The second kappa shape index (κ2) is 7.44. The van der Waals surface area contributed by atoms with Crippen molar-refractivity contribution in [1.29, 1.82) is 0 Å². The molecule has 1 aliphatic heterocycles. The number of carbonyl (C=O) groups excluding carboxylic acids is 2. The number of esters is 1. The number of anilines is 1. The molecule has 130 valence electrons. The number of carbonyl (C=O) groups is 2. The average molecular weight is 362 g/mol. The van der Waals surface area contributed by atoms with Crippen LogP contribution in [0.3, 0.4) is 0 Å². The highest BCUT2D eigenvalue weighted by molar-refractivity contribution is 6.31. The van der Waals surface area contributed by atoms with Crippen LogP contribution in [-0.4, -0.2) is 24.8 Å². The van der Waals surface area contributed by atoms with Crippen molar-refractivity contribution in [3.8, 4) is 11.5 Å². The minimum absolute atomic E-state index is 0.00131. The molecule has 0 fully saturated rings. The molecule has 0 bridgehead atoms. The van der Waals surface area contributed by atoms with Gasteiger partial charge in [-0.1, -0.05) is 29.8 Å². The molecule has 1 unspecified atom stereocenters. The van der Waals surface area contributed by atoms with E-state index in [-0.39, 0.29) is 13.2 Å². The third-order valence-electron chi connectivity index (χ3n) is 3.61. The molecule has 2 aromatic carbocycles. The van der Waals surface area contributed by atoms with E-state index in [0.29, 0.717) is 27.8 Å². The maximum absolute atomic E-state index is 12.2. The molecule has 1 amide bonds. The number of halogens is 1. The van der Waals surface area contributed by atoms with Gasteiger partial charge in [-0.25, -0.2) is 0 Å². The Balaban J connectivity index is 1.55. The summed E-state index contributed by atoms with van der Waals surface area (Å²) < 4.78 is 15.6. The SMILES string of the molecule is CC(OC(=O)Cc1ccccc1Cl)C(=O)Nc1ccc2c(c1)OCO2. The van der Waals surface area contributed by atoms with Gasteiger partial charge in [-0.15, -0.1) is 0 Å². The lowest BCUT2D eigenvalue weighted by atomic mass is 10.1. The van der Waals surface area contributed by atoms with Crippen LogP contribution >= 0.6 is 11.6 Å². The zero-order valence-corrected chi connectivity index (χ0v) is 14.2. The van der Waals surface area contributed by atoms with Gasteiger partial charge in [0.25, 0.3) is 5.91 Å². The van der Waals surface area contributed by atoms with Gasteiger partial charge in [-0.2, -0.15) is 0 Å². The molecule has 0 radical (unpaired) electrons. The van der Waals surface area contributed by atoms with Gasteiger partial charge in [0.1, 0.15) is 0 Å². The molecule has 1 heterocycles. The maximum Gasteiger partial charge on any atom is 0.311 e. The Hall–Kier alpha value is -2.73. The Kier molecular flexibility index (Phi) is 5.09. The molecule has 1 N–H and O–H groups in total. The lowest BCUT2D eigenvalue weighted by molar-refractivity contribution is -0.152. The number of amides is 1. The van der Waals surface area contributed by atoms with Gasteiger partial charge in [0.05, 0.1) is 6.42 Å². The van der Waals surface area contributed by atoms with Crippen LogP contribution in [0.5, 0.6) is 11.5 Å². The van der Waals surface area contributed by atoms with E-state index in [4.69, 9.17) is 25.8 Å². The molecule has 2 aromatic rings. The van der Waals surface area contributed by atoms with Crippen molar-refractivity contribution in [2.24, 2.45) is 0 Å². The first-order valence-electron chi connectivity index (χ1n) is 7.66. The van der Waals surface area contributed by atoms with E-state index in [0.717, 1.165) is 0 Å². The van der Waals surface area contributed by atoms with Crippen LogP contribution in [-0.2, 0) is 20.7 Å². The molecule has 0 spiro atoms. The molecular weight excluding hydrogens is 346 g/mol. The Labute approximate surface area is 149 Å². The molecule has 0 aliphatic carbocycles. The summed E-state index contributed by atoms with van der Waals surface area (Å²) in [4.78, 5) is 24.2. The average Bonchev–Trinajstić information content (AvgIpc) is 3.04. The van der Waals surface area contributed by atoms with Crippen LogP contribution in [0.25, 0.3) is 0 Å². The standard InChI is InChI=1S/C18H16ClNO5/c1-11(25-17(21)8-12-4-2-3-5-14(12)19)18(22)20-13-6-7-15-16(9-13)24-10-23-15/h2-7,9,11H,8,10H2,1H3,(H,20,22). The molecule has 1 aliphatic rings. The van der Waals surface area contributed by atoms with Crippen molar-refractivity contribution in [1.82, 2.24) is 0 Å². The molecule has 7 heteroatoms. The van der Waals surface area contributed by atoms with E-state index in [1.165, 1.54) is 6.92 Å². The third kappa shape index (κ3) is 4.22. The fourth-order valence-electron chi connectivity index (χ4n) is 2.31. The molecule has 0 aromatic heterocycles. The van der Waals surface area contributed by atoms with Gasteiger partial charge in [-0.3, -0.25) is 9.59 Å². The number of ether oxygens (including phenoxy) is 3. The van der Waals surface area contributed by atoms with Gasteiger partial charge in [0.2, 0.25) is 6.79 Å². The first kappa shape index (κ1) is 17.1. The van der Waals surface area contributed by atoms with Gasteiger partial charge in [0, 0.05) is 16.8 Å². The topological polar surface area (TPSA) is 73.9 Å². The summed E-state index contributed by atoms with van der Waals surface area (Å²) in [6.45, 7) is 1.66. The Bertz CT molecular complexity index is 808. The van der Waals surface area contributed by atoms with Crippen LogP contribution in [0.15, 0.2) is 42.5 Å². The fraction of sp³-hybridized carbons (Fsp3) is 0.222. The quantitative estimate of drug-likeness (QED) is 0.828. The number of rotatable bonds is 5. The van der Waals surface area contributed by atoms with Crippen molar-refractivity contribution in [2.45, 2.75) is 19.4 Å². The summed E-state index contributed by atoms with van der Waals surface area (Å²) in [6.07, 6.45) is -0.943. The predicted molar refractivity (Wildman–Crippen MR) is 91.9 cm³/mol.